The normalized spacial score (nSPS) is 17.1. The molecule has 5 nitrogen and oxygen atoms in total. The van der Waals surface area contributed by atoms with Crippen molar-refractivity contribution in [2.75, 3.05) is 0 Å². The number of hydrogen-bond donors (Lipinski definition) is 3. The van der Waals surface area contributed by atoms with Crippen LogP contribution in [-0.2, 0) is 10.4 Å². The van der Waals surface area contributed by atoms with Crippen LogP contribution in [0.3, 0.4) is 0 Å². The SMILES string of the molecule is CC[C@@](O)(c1scnc1C)[C@H](O)C(=O)O. The molecule has 84 valence electrons. The van der Waals surface area contributed by atoms with Crippen molar-refractivity contribution < 1.29 is 20.1 Å². The lowest BCUT2D eigenvalue weighted by Crippen LogP contribution is -2.44. The van der Waals surface area contributed by atoms with Crippen LogP contribution < -0.4 is 0 Å². The van der Waals surface area contributed by atoms with E-state index in [1.54, 1.807) is 13.8 Å². The molecule has 0 saturated heterocycles. The van der Waals surface area contributed by atoms with Crippen LogP contribution in [0.1, 0.15) is 23.9 Å². The highest BCUT2D eigenvalue weighted by atomic mass is 32.1. The van der Waals surface area contributed by atoms with Crippen molar-refractivity contribution in [3.63, 3.8) is 0 Å². The standard InChI is InChI=1S/C9H13NO4S/c1-3-9(14,6(11)8(12)13)7-5(2)10-4-15-7/h4,6,11,14H,3H2,1-2H3,(H,12,13)/t6-,9+/m1/s1. The van der Waals surface area contributed by atoms with Gasteiger partial charge in [0.2, 0.25) is 0 Å². The van der Waals surface area contributed by atoms with E-state index in [2.05, 4.69) is 4.98 Å². The highest BCUT2D eigenvalue weighted by molar-refractivity contribution is 7.09. The number of aromatic nitrogens is 1. The number of hydrogen-bond acceptors (Lipinski definition) is 5. The largest absolute Gasteiger partial charge is 0.479 e. The van der Waals surface area contributed by atoms with Crippen molar-refractivity contribution in [1.82, 2.24) is 4.98 Å². The molecule has 1 aromatic heterocycles. The number of carbonyl (C=O) groups is 1. The van der Waals surface area contributed by atoms with Crippen LogP contribution in [-0.4, -0.2) is 32.4 Å². The van der Waals surface area contributed by atoms with Crippen molar-refractivity contribution >= 4 is 17.3 Å². The second kappa shape index (κ2) is 4.26. The van der Waals surface area contributed by atoms with Gasteiger partial charge in [0.25, 0.3) is 0 Å². The molecule has 2 atom stereocenters. The summed E-state index contributed by atoms with van der Waals surface area (Å²) < 4.78 is 0. The molecule has 1 heterocycles. The molecule has 0 radical (unpaired) electrons. The van der Waals surface area contributed by atoms with Gasteiger partial charge in [0.05, 0.1) is 16.1 Å². The fourth-order valence-electron chi connectivity index (χ4n) is 1.40. The molecule has 0 spiro atoms. The fraction of sp³-hybridized carbons (Fsp3) is 0.556. The first-order valence-electron chi connectivity index (χ1n) is 4.47. The Labute approximate surface area is 91.0 Å². The highest BCUT2D eigenvalue weighted by Crippen LogP contribution is 2.33. The molecule has 0 aliphatic carbocycles. The number of aryl methyl sites for hydroxylation is 1. The first kappa shape index (κ1) is 12.1. The Hall–Kier alpha value is -0.980. The number of thiazole rings is 1. The summed E-state index contributed by atoms with van der Waals surface area (Å²) in [6.07, 6.45) is -1.72. The summed E-state index contributed by atoms with van der Waals surface area (Å²) in [5, 5.41) is 28.3. The monoisotopic (exact) mass is 231 g/mol. The molecule has 0 aliphatic rings. The quantitative estimate of drug-likeness (QED) is 0.701. The third kappa shape index (κ3) is 2.01. The van der Waals surface area contributed by atoms with Gasteiger partial charge in [-0.25, -0.2) is 9.78 Å². The number of aliphatic carboxylic acids is 1. The lowest BCUT2D eigenvalue weighted by molar-refractivity contribution is -0.164. The Morgan fingerprint density at radius 1 is 1.73 bits per heavy atom. The van der Waals surface area contributed by atoms with Crippen LogP contribution in [0.2, 0.25) is 0 Å². The van der Waals surface area contributed by atoms with E-state index < -0.39 is 17.7 Å². The molecule has 0 bridgehead atoms. The topological polar surface area (TPSA) is 90.7 Å². The maximum Gasteiger partial charge on any atom is 0.335 e. The summed E-state index contributed by atoms with van der Waals surface area (Å²) >= 11 is 1.14. The van der Waals surface area contributed by atoms with Gasteiger partial charge in [0.15, 0.2) is 6.10 Å². The first-order chi connectivity index (χ1) is 6.93. The van der Waals surface area contributed by atoms with Crippen molar-refractivity contribution in [2.45, 2.75) is 32.0 Å². The third-order valence-electron chi connectivity index (χ3n) is 2.36. The van der Waals surface area contributed by atoms with Gasteiger partial charge in [0, 0.05) is 0 Å². The molecular weight excluding hydrogens is 218 g/mol. The molecule has 15 heavy (non-hydrogen) atoms. The molecule has 1 rings (SSSR count). The van der Waals surface area contributed by atoms with Crippen molar-refractivity contribution in [3.05, 3.63) is 16.1 Å². The van der Waals surface area contributed by atoms with Crippen LogP contribution in [0.15, 0.2) is 5.51 Å². The maximum absolute atomic E-state index is 10.7. The minimum Gasteiger partial charge on any atom is -0.479 e. The van der Waals surface area contributed by atoms with E-state index in [9.17, 15) is 15.0 Å². The van der Waals surface area contributed by atoms with Gasteiger partial charge >= 0.3 is 5.97 Å². The molecule has 1 aromatic rings. The minimum atomic E-state index is -1.83. The van der Waals surface area contributed by atoms with Gasteiger partial charge < -0.3 is 15.3 Å². The number of carboxylic acids is 1. The van der Waals surface area contributed by atoms with E-state index in [1.165, 1.54) is 5.51 Å². The smallest absolute Gasteiger partial charge is 0.335 e. The lowest BCUT2D eigenvalue weighted by Gasteiger charge is -2.28. The number of carboxylic acid groups (broad SMARTS) is 1. The molecule has 0 fully saturated rings. The number of rotatable bonds is 4. The van der Waals surface area contributed by atoms with Crippen molar-refractivity contribution in [3.8, 4) is 0 Å². The van der Waals surface area contributed by atoms with E-state index in [0.717, 1.165) is 11.3 Å². The van der Waals surface area contributed by atoms with Crippen LogP contribution in [0, 0.1) is 6.92 Å². The number of nitrogens with zero attached hydrogens (tertiary/aromatic N) is 1. The third-order valence-corrected chi connectivity index (χ3v) is 3.46. The van der Waals surface area contributed by atoms with E-state index in [4.69, 9.17) is 5.11 Å². The number of aliphatic hydroxyl groups is 2. The van der Waals surface area contributed by atoms with E-state index >= 15 is 0 Å². The Morgan fingerprint density at radius 3 is 2.67 bits per heavy atom. The summed E-state index contributed by atoms with van der Waals surface area (Å²) in [6, 6.07) is 0. The van der Waals surface area contributed by atoms with Crippen LogP contribution in [0.5, 0.6) is 0 Å². The Bertz CT molecular complexity index is 365. The predicted octanol–water partition coefficient (Wildman–Crippen LogP) is 0.495. The number of aliphatic hydroxyl groups excluding tert-OH is 1. The van der Waals surface area contributed by atoms with Gasteiger partial charge in [0.1, 0.15) is 5.60 Å². The highest BCUT2D eigenvalue weighted by Gasteiger charge is 2.42. The van der Waals surface area contributed by atoms with Gasteiger partial charge in [-0.05, 0) is 13.3 Å². The molecule has 0 saturated carbocycles. The Morgan fingerprint density at radius 2 is 2.33 bits per heavy atom. The molecule has 3 N–H and O–H groups in total. The molecule has 0 aromatic carbocycles. The lowest BCUT2D eigenvalue weighted by atomic mass is 9.91. The summed E-state index contributed by atoms with van der Waals surface area (Å²) in [7, 11) is 0. The molecule has 0 aliphatic heterocycles. The van der Waals surface area contributed by atoms with Crippen LogP contribution in [0.4, 0.5) is 0 Å². The van der Waals surface area contributed by atoms with E-state index in [1.807, 2.05) is 0 Å². The van der Waals surface area contributed by atoms with Crippen LogP contribution >= 0.6 is 11.3 Å². The average Bonchev–Trinajstić information content (AvgIpc) is 2.62. The van der Waals surface area contributed by atoms with E-state index in [0.29, 0.717) is 10.6 Å². The summed E-state index contributed by atoms with van der Waals surface area (Å²) in [4.78, 5) is 15.0. The maximum atomic E-state index is 10.7. The molecule has 0 unspecified atom stereocenters. The van der Waals surface area contributed by atoms with Gasteiger partial charge in [-0.15, -0.1) is 11.3 Å². The second-order valence-electron chi connectivity index (χ2n) is 3.29. The zero-order valence-corrected chi connectivity index (χ0v) is 9.28. The zero-order chi connectivity index (χ0) is 11.6. The zero-order valence-electron chi connectivity index (χ0n) is 8.47. The molecule has 0 amide bonds. The van der Waals surface area contributed by atoms with E-state index in [-0.39, 0.29) is 6.42 Å². The van der Waals surface area contributed by atoms with Crippen molar-refractivity contribution in [1.29, 1.82) is 0 Å². The first-order valence-corrected chi connectivity index (χ1v) is 5.35. The summed E-state index contributed by atoms with van der Waals surface area (Å²) in [6.45, 7) is 3.28. The summed E-state index contributed by atoms with van der Waals surface area (Å²) in [5.41, 5.74) is 0.307. The fourth-order valence-corrected chi connectivity index (χ4v) is 2.40. The van der Waals surface area contributed by atoms with Gasteiger partial charge in [-0.3, -0.25) is 0 Å². The van der Waals surface area contributed by atoms with Crippen LogP contribution in [0.25, 0.3) is 0 Å². The molecular formula is C9H13NO4S. The Kier molecular flexibility index (Phi) is 3.43. The average molecular weight is 231 g/mol. The summed E-state index contributed by atoms with van der Waals surface area (Å²) in [5.74, 6) is -1.44. The van der Waals surface area contributed by atoms with Gasteiger partial charge in [-0.2, -0.15) is 0 Å². The van der Waals surface area contributed by atoms with Gasteiger partial charge in [-0.1, -0.05) is 6.92 Å². The second-order valence-corrected chi connectivity index (χ2v) is 4.14. The Balaban J connectivity index is 3.16. The predicted molar refractivity (Wildman–Crippen MR) is 54.7 cm³/mol. The minimum absolute atomic E-state index is 0.115. The molecule has 6 heteroatoms. The van der Waals surface area contributed by atoms with Crippen molar-refractivity contribution in [2.24, 2.45) is 0 Å².